The fourth-order valence-electron chi connectivity index (χ4n) is 4.89. The van der Waals surface area contributed by atoms with Gasteiger partial charge in [0.05, 0.1) is 11.8 Å². The van der Waals surface area contributed by atoms with Gasteiger partial charge in [-0.05, 0) is 24.0 Å². The number of imide groups is 2. The van der Waals surface area contributed by atoms with Crippen LogP contribution in [0, 0.1) is 11.8 Å². The Morgan fingerprint density at radius 2 is 1.35 bits per heavy atom. The van der Waals surface area contributed by atoms with Gasteiger partial charge in [0.25, 0.3) is 11.8 Å². The van der Waals surface area contributed by atoms with E-state index in [1.54, 1.807) is 60.7 Å². The maximum absolute atomic E-state index is 13.6. The Balaban J connectivity index is 1.38. The first-order chi connectivity index (χ1) is 16.4. The first kappa shape index (κ1) is 21.6. The van der Waals surface area contributed by atoms with E-state index in [2.05, 4.69) is 10.7 Å². The summed E-state index contributed by atoms with van der Waals surface area (Å²) in [6.45, 7) is -0.564. The molecule has 2 aromatic rings. The molecular weight excluding hydrogens is 436 g/mol. The molecule has 6 amide bonds. The highest BCUT2D eigenvalue weighted by molar-refractivity contribution is 6.11. The zero-order valence-corrected chi connectivity index (χ0v) is 18.1. The molecule has 2 saturated heterocycles. The largest absolute Gasteiger partial charge is 0.344 e. The van der Waals surface area contributed by atoms with Crippen LogP contribution in [0.3, 0.4) is 0 Å². The first-order valence-corrected chi connectivity index (χ1v) is 11.0. The lowest BCUT2D eigenvalue weighted by Gasteiger charge is -2.27. The summed E-state index contributed by atoms with van der Waals surface area (Å²) in [5.41, 5.74) is 1.81. The number of allylic oxidation sites excluding steroid dienone is 2. The van der Waals surface area contributed by atoms with Crippen molar-refractivity contribution in [1.82, 2.24) is 20.7 Å². The lowest BCUT2D eigenvalue weighted by molar-refractivity contribution is -0.145. The zero-order valence-electron chi connectivity index (χ0n) is 18.1. The second-order valence-electron chi connectivity index (χ2n) is 8.51. The van der Waals surface area contributed by atoms with Crippen LogP contribution in [0.25, 0.3) is 0 Å². The Bertz CT molecular complexity index is 1140. The normalized spacial score (nSPS) is 23.2. The van der Waals surface area contributed by atoms with Gasteiger partial charge in [-0.3, -0.25) is 29.5 Å². The SMILES string of the molecule is O=C(CN1C(=O)[C@H]2CC=CC[C@@H]2C1=O)NN1C(=O)NC(c2ccccc2)(c2ccccc2)C1=O. The molecule has 0 unspecified atom stereocenters. The van der Waals surface area contributed by atoms with Crippen molar-refractivity contribution in [2.24, 2.45) is 11.8 Å². The molecular formula is C25H22N4O5. The minimum atomic E-state index is -1.53. The van der Waals surface area contributed by atoms with Crippen molar-refractivity contribution in [3.8, 4) is 0 Å². The number of likely N-dealkylation sites (tertiary alicyclic amines) is 1. The number of hydrogen-bond donors (Lipinski definition) is 2. The van der Waals surface area contributed by atoms with Crippen molar-refractivity contribution < 1.29 is 24.0 Å². The summed E-state index contributed by atoms with van der Waals surface area (Å²) in [7, 11) is 0. The van der Waals surface area contributed by atoms with Gasteiger partial charge in [-0.2, -0.15) is 5.01 Å². The number of hydrogen-bond acceptors (Lipinski definition) is 5. The number of carbonyl (C=O) groups is 5. The molecule has 2 atom stereocenters. The summed E-state index contributed by atoms with van der Waals surface area (Å²) in [6.07, 6.45) is 4.62. The molecule has 0 bridgehead atoms. The molecule has 0 saturated carbocycles. The number of benzene rings is 2. The monoisotopic (exact) mass is 458 g/mol. The van der Waals surface area contributed by atoms with Crippen LogP contribution in [0.2, 0.25) is 0 Å². The van der Waals surface area contributed by atoms with Gasteiger partial charge in [-0.1, -0.05) is 72.8 Å². The summed E-state index contributed by atoms with van der Waals surface area (Å²) in [4.78, 5) is 65.5. The molecule has 34 heavy (non-hydrogen) atoms. The lowest BCUT2D eigenvalue weighted by Crippen LogP contribution is -2.52. The molecule has 2 heterocycles. The van der Waals surface area contributed by atoms with Crippen LogP contribution in [-0.4, -0.2) is 46.1 Å². The summed E-state index contributed by atoms with van der Waals surface area (Å²) < 4.78 is 0. The average Bonchev–Trinajstić information content (AvgIpc) is 3.26. The number of nitrogens with zero attached hydrogens (tertiary/aromatic N) is 2. The number of rotatable bonds is 5. The molecule has 0 aromatic heterocycles. The molecule has 3 aliphatic rings. The highest BCUT2D eigenvalue weighted by atomic mass is 16.2. The topological polar surface area (TPSA) is 116 Å². The zero-order chi connectivity index (χ0) is 23.9. The van der Waals surface area contributed by atoms with Crippen LogP contribution >= 0.6 is 0 Å². The van der Waals surface area contributed by atoms with E-state index in [0.717, 1.165) is 4.90 Å². The fraction of sp³-hybridized carbons (Fsp3) is 0.240. The van der Waals surface area contributed by atoms with Crippen molar-refractivity contribution in [1.29, 1.82) is 0 Å². The Morgan fingerprint density at radius 3 is 1.85 bits per heavy atom. The highest BCUT2D eigenvalue weighted by Crippen LogP contribution is 2.36. The fourth-order valence-corrected chi connectivity index (χ4v) is 4.89. The molecule has 2 N–H and O–H groups in total. The second kappa shape index (κ2) is 8.26. The van der Waals surface area contributed by atoms with Gasteiger partial charge in [0.15, 0.2) is 5.54 Å². The number of amides is 6. The molecule has 5 rings (SSSR count). The van der Waals surface area contributed by atoms with Gasteiger partial charge < -0.3 is 5.32 Å². The van der Waals surface area contributed by atoms with Gasteiger partial charge in [0, 0.05) is 0 Å². The summed E-state index contributed by atoms with van der Waals surface area (Å²) >= 11 is 0. The third-order valence-electron chi connectivity index (χ3n) is 6.57. The maximum atomic E-state index is 13.6. The number of nitrogens with one attached hydrogen (secondary N) is 2. The summed E-state index contributed by atoms with van der Waals surface area (Å²) in [5.74, 6) is -3.25. The first-order valence-electron chi connectivity index (χ1n) is 11.0. The van der Waals surface area contributed by atoms with E-state index in [0.29, 0.717) is 29.0 Å². The van der Waals surface area contributed by atoms with Crippen LogP contribution in [0.5, 0.6) is 0 Å². The van der Waals surface area contributed by atoms with Crippen LogP contribution < -0.4 is 10.7 Å². The van der Waals surface area contributed by atoms with E-state index in [9.17, 15) is 24.0 Å². The average molecular weight is 458 g/mol. The minimum Gasteiger partial charge on any atom is -0.314 e. The third kappa shape index (κ3) is 3.28. The Hall–Kier alpha value is -4.27. The predicted molar refractivity (Wildman–Crippen MR) is 119 cm³/mol. The lowest BCUT2D eigenvalue weighted by atomic mass is 9.83. The van der Waals surface area contributed by atoms with Crippen LogP contribution in [-0.2, 0) is 24.7 Å². The van der Waals surface area contributed by atoms with E-state index in [1.165, 1.54) is 0 Å². The molecule has 1 aliphatic carbocycles. The van der Waals surface area contributed by atoms with Crippen molar-refractivity contribution >= 4 is 29.7 Å². The van der Waals surface area contributed by atoms with Crippen LogP contribution in [0.1, 0.15) is 24.0 Å². The second-order valence-corrected chi connectivity index (χ2v) is 8.51. The maximum Gasteiger partial charge on any atom is 0.344 e. The number of carbonyl (C=O) groups excluding carboxylic acids is 5. The van der Waals surface area contributed by atoms with Crippen molar-refractivity contribution in [2.75, 3.05) is 6.54 Å². The molecule has 2 aliphatic heterocycles. The van der Waals surface area contributed by atoms with E-state index < -0.39 is 53.6 Å². The van der Waals surface area contributed by atoms with Crippen LogP contribution in [0.4, 0.5) is 4.79 Å². The molecule has 0 spiro atoms. The van der Waals surface area contributed by atoms with Crippen LogP contribution in [0.15, 0.2) is 72.8 Å². The Morgan fingerprint density at radius 1 is 0.853 bits per heavy atom. The van der Waals surface area contributed by atoms with Gasteiger partial charge >= 0.3 is 6.03 Å². The number of fused-ring (bicyclic) bond motifs is 1. The molecule has 2 fully saturated rings. The molecule has 2 aromatic carbocycles. The van der Waals surface area contributed by atoms with Gasteiger partial charge in [-0.15, -0.1) is 0 Å². The molecule has 0 radical (unpaired) electrons. The molecule has 9 nitrogen and oxygen atoms in total. The highest BCUT2D eigenvalue weighted by Gasteiger charge is 2.55. The Kier molecular flexibility index (Phi) is 5.24. The minimum absolute atomic E-state index is 0.408. The quantitative estimate of drug-likeness (QED) is 0.400. The molecule has 172 valence electrons. The van der Waals surface area contributed by atoms with E-state index in [4.69, 9.17) is 0 Å². The van der Waals surface area contributed by atoms with Crippen molar-refractivity contribution in [3.63, 3.8) is 0 Å². The van der Waals surface area contributed by atoms with Gasteiger partial charge in [0.1, 0.15) is 6.54 Å². The van der Waals surface area contributed by atoms with E-state index in [-0.39, 0.29) is 0 Å². The van der Waals surface area contributed by atoms with Gasteiger partial charge in [0.2, 0.25) is 11.8 Å². The summed E-state index contributed by atoms with van der Waals surface area (Å²) in [5, 5.41) is 3.34. The third-order valence-corrected chi connectivity index (χ3v) is 6.57. The molecule has 9 heteroatoms. The van der Waals surface area contributed by atoms with E-state index >= 15 is 0 Å². The summed E-state index contributed by atoms with van der Waals surface area (Å²) in [6, 6.07) is 16.6. The number of urea groups is 1. The van der Waals surface area contributed by atoms with Crippen molar-refractivity contribution in [3.05, 3.63) is 83.9 Å². The Labute approximate surface area is 195 Å². The van der Waals surface area contributed by atoms with Gasteiger partial charge in [-0.25, -0.2) is 4.79 Å². The predicted octanol–water partition coefficient (Wildman–Crippen LogP) is 1.46. The smallest absolute Gasteiger partial charge is 0.314 e. The standard InChI is InChI=1S/C25H22N4O5/c30-20(15-28-21(31)18-13-7-8-14-19(18)22(28)32)27-29-23(33)25(26-24(29)34,16-9-3-1-4-10-16)17-11-5-2-6-12-17/h1-12,18-19H,13-15H2,(H,26,34)(H,27,30)/t18-,19-/m0/s1. The van der Waals surface area contributed by atoms with E-state index in [1.807, 2.05) is 12.2 Å². The number of hydrazine groups is 1. The van der Waals surface area contributed by atoms with Crippen molar-refractivity contribution in [2.45, 2.75) is 18.4 Å².